The van der Waals surface area contributed by atoms with Crippen LogP contribution < -0.4 is 10.6 Å². The fraction of sp³-hybridized carbons (Fsp3) is 0.360. The molecular formula is C25H30FN3O. The molecule has 2 aromatic carbocycles. The third-order valence-electron chi connectivity index (χ3n) is 5.31. The van der Waals surface area contributed by atoms with Crippen LogP contribution in [0.15, 0.2) is 42.5 Å². The van der Waals surface area contributed by atoms with Crippen molar-refractivity contribution in [2.75, 3.05) is 11.9 Å². The first-order valence-electron chi connectivity index (χ1n) is 10.4. The zero-order valence-electron chi connectivity index (χ0n) is 18.6. The Balaban J connectivity index is 1.81. The van der Waals surface area contributed by atoms with Gasteiger partial charge >= 0.3 is 0 Å². The number of carbonyl (C=O) groups is 1. The lowest BCUT2D eigenvalue weighted by atomic mass is 9.86. The molecule has 0 spiro atoms. The second kappa shape index (κ2) is 8.42. The number of amides is 1. The molecule has 2 N–H and O–H groups in total. The van der Waals surface area contributed by atoms with Crippen LogP contribution in [0.5, 0.6) is 0 Å². The summed E-state index contributed by atoms with van der Waals surface area (Å²) in [5, 5.41) is 7.01. The van der Waals surface area contributed by atoms with Gasteiger partial charge in [-0.25, -0.2) is 9.37 Å². The maximum Gasteiger partial charge on any atom is 0.270 e. The van der Waals surface area contributed by atoms with Crippen molar-refractivity contribution >= 4 is 22.5 Å². The molecule has 1 atom stereocenters. The summed E-state index contributed by atoms with van der Waals surface area (Å²) in [7, 11) is 0. The number of nitrogens with zero attached hydrogens (tertiary/aromatic N) is 1. The molecule has 0 unspecified atom stereocenters. The number of aryl methyl sites for hydroxylation is 1. The summed E-state index contributed by atoms with van der Waals surface area (Å²) in [6, 6.07) is 12.5. The normalized spacial score (nSPS) is 12.6. The van der Waals surface area contributed by atoms with E-state index in [9.17, 15) is 9.18 Å². The van der Waals surface area contributed by atoms with E-state index >= 15 is 0 Å². The lowest BCUT2D eigenvalue weighted by molar-refractivity contribution is 0.0934. The number of anilines is 1. The summed E-state index contributed by atoms with van der Waals surface area (Å²) in [6.07, 6.45) is 0. The van der Waals surface area contributed by atoms with E-state index < -0.39 is 6.04 Å². The Bertz CT molecular complexity index is 1090. The Morgan fingerprint density at radius 1 is 1.13 bits per heavy atom. The van der Waals surface area contributed by atoms with Crippen molar-refractivity contribution in [1.82, 2.24) is 10.3 Å². The van der Waals surface area contributed by atoms with Gasteiger partial charge in [-0.1, -0.05) is 32.9 Å². The molecule has 0 radical (unpaired) electrons. The van der Waals surface area contributed by atoms with Gasteiger partial charge in [-0.15, -0.1) is 0 Å². The van der Waals surface area contributed by atoms with E-state index in [0.717, 1.165) is 28.7 Å². The summed E-state index contributed by atoms with van der Waals surface area (Å²) >= 11 is 0. The average Bonchev–Trinajstić information content (AvgIpc) is 2.69. The van der Waals surface area contributed by atoms with Crippen molar-refractivity contribution in [1.29, 1.82) is 0 Å². The first kappa shape index (κ1) is 21.8. The fourth-order valence-corrected chi connectivity index (χ4v) is 3.48. The molecule has 30 heavy (non-hydrogen) atoms. The highest BCUT2D eigenvalue weighted by Gasteiger charge is 2.18. The Labute approximate surface area is 177 Å². The van der Waals surface area contributed by atoms with E-state index in [1.807, 2.05) is 32.0 Å². The molecule has 4 nitrogen and oxygen atoms in total. The molecule has 0 aliphatic heterocycles. The third-order valence-corrected chi connectivity index (χ3v) is 5.31. The topological polar surface area (TPSA) is 54.0 Å². The lowest BCUT2D eigenvalue weighted by Crippen LogP contribution is -2.28. The van der Waals surface area contributed by atoms with Crippen LogP contribution in [0.4, 0.5) is 10.1 Å². The minimum absolute atomic E-state index is 0.0457. The zero-order chi connectivity index (χ0) is 22.1. The molecule has 1 aromatic heterocycles. The number of pyridine rings is 1. The van der Waals surface area contributed by atoms with Gasteiger partial charge in [-0.05, 0) is 67.6 Å². The van der Waals surface area contributed by atoms with Crippen molar-refractivity contribution in [2.24, 2.45) is 0 Å². The number of rotatable bonds is 5. The molecule has 0 aliphatic rings. The van der Waals surface area contributed by atoms with E-state index in [-0.39, 0.29) is 17.1 Å². The number of nitrogens with one attached hydrogen (secondary N) is 2. The van der Waals surface area contributed by atoms with E-state index in [1.165, 1.54) is 11.6 Å². The summed E-state index contributed by atoms with van der Waals surface area (Å²) in [5.74, 6) is -0.664. The quantitative estimate of drug-likeness (QED) is 0.553. The Morgan fingerprint density at radius 3 is 2.53 bits per heavy atom. The molecule has 3 aromatic rings. The second-order valence-electron chi connectivity index (χ2n) is 8.77. The van der Waals surface area contributed by atoms with E-state index in [1.54, 1.807) is 19.1 Å². The molecule has 0 bridgehead atoms. The number of carbonyl (C=O) groups excluding carboxylic acids is 1. The molecule has 1 heterocycles. The molecule has 0 saturated carbocycles. The van der Waals surface area contributed by atoms with Crippen LogP contribution in [0.1, 0.15) is 67.8 Å². The molecule has 1 amide bonds. The molecule has 0 saturated heterocycles. The zero-order valence-corrected chi connectivity index (χ0v) is 18.6. The summed E-state index contributed by atoms with van der Waals surface area (Å²) < 4.78 is 14.6. The summed E-state index contributed by atoms with van der Waals surface area (Å²) in [6.45, 7) is 12.9. The van der Waals surface area contributed by atoms with Gasteiger partial charge in [-0.3, -0.25) is 4.79 Å². The fourth-order valence-electron chi connectivity index (χ4n) is 3.48. The first-order chi connectivity index (χ1) is 14.1. The number of aromatic nitrogens is 1. The van der Waals surface area contributed by atoms with Crippen molar-refractivity contribution in [3.8, 4) is 0 Å². The predicted molar refractivity (Wildman–Crippen MR) is 122 cm³/mol. The van der Waals surface area contributed by atoms with Crippen molar-refractivity contribution in [2.45, 2.75) is 53.0 Å². The second-order valence-corrected chi connectivity index (χ2v) is 8.77. The highest BCUT2D eigenvalue weighted by atomic mass is 19.1. The molecule has 3 rings (SSSR count). The van der Waals surface area contributed by atoms with Gasteiger partial charge in [0, 0.05) is 23.2 Å². The van der Waals surface area contributed by atoms with Crippen LogP contribution >= 0.6 is 0 Å². The monoisotopic (exact) mass is 407 g/mol. The first-order valence-corrected chi connectivity index (χ1v) is 10.4. The van der Waals surface area contributed by atoms with E-state index in [2.05, 4.69) is 42.5 Å². The van der Waals surface area contributed by atoms with Gasteiger partial charge in [0.1, 0.15) is 11.5 Å². The maximum atomic E-state index is 14.6. The van der Waals surface area contributed by atoms with Crippen molar-refractivity contribution < 1.29 is 9.18 Å². The number of benzene rings is 2. The van der Waals surface area contributed by atoms with Crippen molar-refractivity contribution in [3.05, 3.63) is 70.7 Å². The standard InChI is InChI=1S/C25H30FN3O/c1-7-27-23-14-20(26)19(12-15(23)2)16(3)28-24(30)22-10-8-17-13-18(25(4,5)6)9-11-21(17)29-22/h8-14,16,27H,7H2,1-6H3,(H,28,30)/t16-/m1/s1. The van der Waals surface area contributed by atoms with Crippen LogP contribution in [0.3, 0.4) is 0 Å². The predicted octanol–water partition coefficient (Wildman–Crippen LogP) is 5.90. The molecule has 158 valence electrons. The molecular weight excluding hydrogens is 377 g/mol. The number of halogens is 1. The van der Waals surface area contributed by atoms with Crippen LogP contribution in [-0.4, -0.2) is 17.4 Å². The SMILES string of the molecule is CCNc1cc(F)c([C@@H](C)NC(=O)c2ccc3cc(C(C)(C)C)ccc3n2)cc1C. The number of hydrogen-bond acceptors (Lipinski definition) is 3. The highest BCUT2D eigenvalue weighted by molar-refractivity contribution is 5.95. The summed E-state index contributed by atoms with van der Waals surface area (Å²) in [5.41, 5.74) is 4.51. The molecule has 0 fully saturated rings. The van der Waals surface area contributed by atoms with Crippen LogP contribution in [0.25, 0.3) is 10.9 Å². The van der Waals surface area contributed by atoms with Gasteiger partial charge < -0.3 is 10.6 Å². The Morgan fingerprint density at radius 2 is 1.87 bits per heavy atom. The Kier molecular flexibility index (Phi) is 6.11. The lowest BCUT2D eigenvalue weighted by Gasteiger charge is -2.19. The van der Waals surface area contributed by atoms with Gasteiger partial charge in [-0.2, -0.15) is 0 Å². The maximum absolute atomic E-state index is 14.6. The summed E-state index contributed by atoms with van der Waals surface area (Å²) in [4.78, 5) is 17.3. The molecule has 0 aliphatic carbocycles. The van der Waals surface area contributed by atoms with E-state index in [0.29, 0.717) is 11.3 Å². The van der Waals surface area contributed by atoms with Crippen LogP contribution in [-0.2, 0) is 5.41 Å². The average molecular weight is 408 g/mol. The molecule has 5 heteroatoms. The van der Waals surface area contributed by atoms with Gasteiger partial charge in [0.05, 0.1) is 11.6 Å². The number of hydrogen-bond donors (Lipinski definition) is 2. The van der Waals surface area contributed by atoms with Gasteiger partial charge in [0.25, 0.3) is 5.91 Å². The number of fused-ring (bicyclic) bond motifs is 1. The minimum Gasteiger partial charge on any atom is -0.385 e. The Hall–Kier alpha value is -2.95. The van der Waals surface area contributed by atoms with Gasteiger partial charge in [0.2, 0.25) is 0 Å². The van der Waals surface area contributed by atoms with Crippen LogP contribution in [0, 0.1) is 12.7 Å². The van der Waals surface area contributed by atoms with Gasteiger partial charge in [0.15, 0.2) is 0 Å². The minimum atomic E-state index is -0.479. The largest absolute Gasteiger partial charge is 0.385 e. The third kappa shape index (κ3) is 4.61. The van der Waals surface area contributed by atoms with Crippen LogP contribution in [0.2, 0.25) is 0 Å². The smallest absolute Gasteiger partial charge is 0.270 e. The van der Waals surface area contributed by atoms with Crippen molar-refractivity contribution in [3.63, 3.8) is 0 Å². The highest BCUT2D eigenvalue weighted by Crippen LogP contribution is 2.27. The van der Waals surface area contributed by atoms with E-state index in [4.69, 9.17) is 0 Å².